The van der Waals surface area contributed by atoms with Gasteiger partial charge in [-0.25, -0.2) is 4.98 Å². The summed E-state index contributed by atoms with van der Waals surface area (Å²) in [6.45, 7) is 2.58. The highest BCUT2D eigenvalue weighted by atomic mass is 16.5. The number of hydrogen-bond acceptors (Lipinski definition) is 6. The zero-order valence-corrected chi connectivity index (χ0v) is 11.3. The molecule has 0 aliphatic rings. The maximum absolute atomic E-state index is 9.90. The number of rotatable bonds is 5. The highest BCUT2D eigenvalue weighted by molar-refractivity contribution is 5.47. The fraction of sp³-hybridized carbons (Fsp3) is 0.286. The van der Waals surface area contributed by atoms with E-state index in [0.717, 1.165) is 17.5 Å². The summed E-state index contributed by atoms with van der Waals surface area (Å²) in [5.74, 6) is 1.10. The number of aromatic nitrogens is 2. The molecule has 1 aromatic heterocycles. The molecule has 2 rings (SSSR count). The minimum Gasteiger partial charge on any atom is -0.504 e. The summed E-state index contributed by atoms with van der Waals surface area (Å²) in [6, 6.07) is 5.27. The first-order valence-corrected chi connectivity index (χ1v) is 6.41. The van der Waals surface area contributed by atoms with Crippen LogP contribution in [0.15, 0.2) is 24.4 Å². The smallest absolute Gasteiger partial charge is 0.221 e. The van der Waals surface area contributed by atoms with Crippen molar-refractivity contribution in [2.24, 2.45) is 0 Å². The first-order valence-electron chi connectivity index (χ1n) is 6.41. The van der Waals surface area contributed by atoms with Crippen molar-refractivity contribution in [1.82, 2.24) is 9.97 Å². The number of anilines is 2. The Morgan fingerprint density at radius 1 is 1.30 bits per heavy atom. The Labute approximate surface area is 117 Å². The van der Waals surface area contributed by atoms with E-state index < -0.39 is 0 Å². The third kappa shape index (κ3) is 3.28. The highest BCUT2D eigenvalue weighted by Crippen LogP contribution is 2.28. The summed E-state index contributed by atoms with van der Waals surface area (Å²) in [7, 11) is 0. The number of nitrogen functional groups attached to an aromatic ring is 2. The van der Waals surface area contributed by atoms with Crippen molar-refractivity contribution < 1.29 is 9.84 Å². The van der Waals surface area contributed by atoms with E-state index in [2.05, 4.69) is 9.97 Å². The van der Waals surface area contributed by atoms with Crippen molar-refractivity contribution >= 4 is 11.8 Å². The van der Waals surface area contributed by atoms with Crippen LogP contribution in [0.25, 0.3) is 0 Å². The lowest BCUT2D eigenvalue weighted by Gasteiger charge is -2.09. The molecule has 20 heavy (non-hydrogen) atoms. The van der Waals surface area contributed by atoms with Crippen LogP contribution in [-0.4, -0.2) is 21.7 Å². The molecule has 0 fully saturated rings. The second kappa shape index (κ2) is 6.10. The van der Waals surface area contributed by atoms with Crippen molar-refractivity contribution in [3.8, 4) is 11.5 Å². The van der Waals surface area contributed by atoms with Crippen molar-refractivity contribution in [1.29, 1.82) is 0 Å². The largest absolute Gasteiger partial charge is 0.504 e. The summed E-state index contributed by atoms with van der Waals surface area (Å²) in [5.41, 5.74) is 12.9. The van der Waals surface area contributed by atoms with E-state index >= 15 is 0 Å². The maximum atomic E-state index is 9.90. The molecule has 0 radical (unpaired) electrons. The van der Waals surface area contributed by atoms with Crippen LogP contribution < -0.4 is 16.2 Å². The number of benzene rings is 1. The Bertz CT molecular complexity index is 602. The summed E-state index contributed by atoms with van der Waals surface area (Å²) in [5, 5.41) is 9.90. The van der Waals surface area contributed by atoms with Gasteiger partial charge < -0.3 is 21.3 Å². The van der Waals surface area contributed by atoms with E-state index in [1.807, 2.05) is 13.0 Å². The van der Waals surface area contributed by atoms with Crippen LogP contribution in [0.1, 0.15) is 24.5 Å². The predicted molar refractivity (Wildman–Crippen MR) is 77.6 cm³/mol. The Kier molecular flexibility index (Phi) is 4.24. The number of aromatic hydroxyl groups is 1. The SMILES string of the molecule is CCCOc1ccc(Cc2cnc(N)nc2N)cc1O. The number of phenols is 1. The predicted octanol–water partition coefficient (Wildman–Crippen LogP) is 1.73. The van der Waals surface area contributed by atoms with Gasteiger partial charge in [0.25, 0.3) is 0 Å². The number of ether oxygens (including phenoxy) is 1. The fourth-order valence-corrected chi connectivity index (χ4v) is 1.80. The standard InChI is InChI=1S/C14H18N4O2/c1-2-5-20-12-4-3-9(7-11(12)19)6-10-8-17-14(16)18-13(10)15/h3-4,7-8,19H,2,5-6H2,1H3,(H4,15,16,17,18). The van der Waals surface area contributed by atoms with Gasteiger partial charge >= 0.3 is 0 Å². The van der Waals surface area contributed by atoms with Crippen molar-refractivity contribution in [2.45, 2.75) is 19.8 Å². The first kappa shape index (κ1) is 13.9. The first-order chi connectivity index (χ1) is 9.60. The molecule has 106 valence electrons. The summed E-state index contributed by atoms with van der Waals surface area (Å²) < 4.78 is 5.41. The minimum absolute atomic E-state index is 0.117. The maximum Gasteiger partial charge on any atom is 0.221 e. The van der Waals surface area contributed by atoms with E-state index in [0.29, 0.717) is 24.6 Å². The van der Waals surface area contributed by atoms with Gasteiger partial charge in [-0.3, -0.25) is 0 Å². The van der Waals surface area contributed by atoms with Gasteiger partial charge in [0.15, 0.2) is 11.5 Å². The average Bonchev–Trinajstić information content (AvgIpc) is 2.41. The second-order valence-corrected chi connectivity index (χ2v) is 4.47. The van der Waals surface area contributed by atoms with E-state index in [4.69, 9.17) is 16.2 Å². The van der Waals surface area contributed by atoms with Crippen molar-refractivity contribution in [2.75, 3.05) is 18.1 Å². The monoisotopic (exact) mass is 274 g/mol. The Morgan fingerprint density at radius 2 is 2.10 bits per heavy atom. The van der Waals surface area contributed by atoms with E-state index in [-0.39, 0.29) is 11.7 Å². The topological polar surface area (TPSA) is 107 Å². The molecule has 0 saturated carbocycles. The summed E-state index contributed by atoms with van der Waals surface area (Å²) in [6.07, 6.45) is 3.00. The second-order valence-electron chi connectivity index (χ2n) is 4.47. The van der Waals surface area contributed by atoms with Gasteiger partial charge in [-0.05, 0) is 24.1 Å². The lowest BCUT2D eigenvalue weighted by molar-refractivity contribution is 0.299. The quantitative estimate of drug-likeness (QED) is 0.766. The number of nitrogens with two attached hydrogens (primary N) is 2. The van der Waals surface area contributed by atoms with Gasteiger partial charge in [-0.2, -0.15) is 4.98 Å². The van der Waals surface area contributed by atoms with E-state index in [9.17, 15) is 5.11 Å². The third-order valence-electron chi connectivity index (χ3n) is 2.80. The number of hydrogen-bond donors (Lipinski definition) is 3. The molecule has 6 nitrogen and oxygen atoms in total. The highest BCUT2D eigenvalue weighted by Gasteiger charge is 2.07. The van der Waals surface area contributed by atoms with Gasteiger partial charge in [0, 0.05) is 18.2 Å². The molecule has 0 spiro atoms. The molecular formula is C14H18N4O2. The third-order valence-corrected chi connectivity index (χ3v) is 2.80. The lowest BCUT2D eigenvalue weighted by Crippen LogP contribution is -2.04. The van der Waals surface area contributed by atoms with Gasteiger partial charge in [-0.1, -0.05) is 13.0 Å². The molecule has 0 unspecified atom stereocenters. The Hall–Kier alpha value is -2.50. The number of nitrogens with zero attached hydrogens (tertiary/aromatic N) is 2. The average molecular weight is 274 g/mol. The normalized spacial score (nSPS) is 10.4. The van der Waals surface area contributed by atoms with Gasteiger partial charge in [0.2, 0.25) is 5.95 Å². The molecule has 0 bridgehead atoms. The number of phenolic OH excluding ortho intramolecular Hbond substituents is 1. The van der Waals surface area contributed by atoms with Gasteiger partial charge in [0.1, 0.15) is 5.82 Å². The molecule has 0 aliphatic carbocycles. The molecule has 1 aromatic carbocycles. The lowest BCUT2D eigenvalue weighted by atomic mass is 10.1. The van der Waals surface area contributed by atoms with E-state index in [1.165, 1.54) is 0 Å². The van der Waals surface area contributed by atoms with Gasteiger partial charge in [0.05, 0.1) is 6.61 Å². The van der Waals surface area contributed by atoms with Crippen molar-refractivity contribution in [3.05, 3.63) is 35.5 Å². The van der Waals surface area contributed by atoms with E-state index in [1.54, 1.807) is 18.3 Å². The zero-order chi connectivity index (χ0) is 14.5. The molecule has 6 heteroatoms. The molecule has 0 saturated heterocycles. The summed E-state index contributed by atoms with van der Waals surface area (Å²) >= 11 is 0. The minimum atomic E-state index is 0.117. The molecule has 0 aliphatic heterocycles. The van der Waals surface area contributed by atoms with Crippen LogP contribution in [0.2, 0.25) is 0 Å². The van der Waals surface area contributed by atoms with Crippen LogP contribution in [0.5, 0.6) is 11.5 Å². The molecule has 0 atom stereocenters. The van der Waals surface area contributed by atoms with Crippen LogP contribution in [0.4, 0.5) is 11.8 Å². The molecule has 0 amide bonds. The summed E-state index contributed by atoms with van der Waals surface area (Å²) in [4.78, 5) is 7.82. The fourth-order valence-electron chi connectivity index (χ4n) is 1.80. The Balaban J connectivity index is 2.15. The van der Waals surface area contributed by atoms with Crippen LogP contribution in [0, 0.1) is 0 Å². The Morgan fingerprint density at radius 3 is 2.75 bits per heavy atom. The van der Waals surface area contributed by atoms with Crippen LogP contribution >= 0.6 is 0 Å². The molecule has 5 N–H and O–H groups in total. The molecule has 1 heterocycles. The van der Waals surface area contributed by atoms with Crippen LogP contribution in [0.3, 0.4) is 0 Å². The molecular weight excluding hydrogens is 256 g/mol. The molecule has 2 aromatic rings. The zero-order valence-electron chi connectivity index (χ0n) is 11.3. The van der Waals surface area contributed by atoms with Gasteiger partial charge in [-0.15, -0.1) is 0 Å². The van der Waals surface area contributed by atoms with Crippen molar-refractivity contribution in [3.63, 3.8) is 0 Å². The van der Waals surface area contributed by atoms with Crippen LogP contribution in [-0.2, 0) is 6.42 Å².